The van der Waals surface area contributed by atoms with Gasteiger partial charge >= 0.3 is 0 Å². The third kappa shape index (κ3) is 6.11. The van der Waals surface area contributed by atoms with E-state index in [0.29, 0.717) is 18.1 Å². The number of nitrogens with one attached hydrogen (secondary N) is 1. The third-order valence-corrected chi connectivity index (χ3v) is 3.94. The number of hydrogen-bond acceptors (Lipinski definition) is 3. The molecule has 0 aromatic heterocycles. The Morgan fingerprint density at radius 1 is 1.16 bits per heavy atom. The Morgan fingerprint density at radius 3 is 2.60 bits per heavy atom. The highest BCUT2D eigenvalue weighted by atomic mass is 16.5. The zero-order valence-electron chi connectivity index (χ0n) is 15.3. The highest BCUT2D eigenvalue weighted by Gasteiger charge is 2.03. The van der Waals surface area contributed by atoms with E-state index in [1.54, 1.807) is 24.4 Å². The lowest BCUT2D eigenvalue weighted by molar-refractivity contribution is 0.104. The number of carbonyl (C=O) groups is 1. The fraction of sp³-hybridized carbons (Fsp3) is 0.318. The zero-order valence-corrected chi connectivity index (χ0v) is 15.3. The summed E-state index contributed by atoms with van der Waals surface area (Å²) in [4.78, 5) is 12.2. The van der Waals surface area contributed by atoms with E-state index in [9.17, 15) is 4.79 Å². The molecule has 0 unspecified atom stereocenters. The summed E-state index contributed by atoms with van der Waals surface area (Å²) in [6.45, 7) is 7.16. The van der Waals surface area contributed by atoms with E-state index >= 15 is 0 Å². The lowest BCUT2D eigenvalue weighted by Crippen LogP contribution is -1.99. The Bertz CT molecular complexity index is 702. The molecule has 0 aliphatic heterocycles. The zero-order chi connectivity index (χ0) is 18.1. The highest BCUT2D eigenvalue weighted by molar-refractivity contribution is 6.04. The molecule has 0 saturated carbocycles. The van der Waals surface area contributed by atoms with Gasteiger partial charge in [-0.2, -0.15) is 0 Å². The quantitative estimate of drug-likeness (QED) is 0.357. The topological polar surface area (TPSA) is 38.3 Å². The van der Waals surface area contributed by atoms with Gasteiger partial charge in [-0.05, 0) is 54.3 Å². The second-order valence-corrected chi connectivity index (χ2v) is 6.35. The van der Waals surface area contributed by atoms with Crippen LogP contribution in [0.5, 0.6) is 5.75 Å². The van der Waals surface area contributed by atoms with Crippen LogP contribution in [0.25, 0.3) is 0 Å². The average Bonchev–Trinajstić information content (AvgIpc) is 2.62. The maximum Gasteiger partial charge on any atom is 0.187 e. The number of hydrogen-bond donors (Lipinski definition) is 1. The monoisotopic (exact) mass is 337 g/mol. The number of carbonyl (C=O) groups excluding carboxylic acids is 1. The summed E-state index contributed by atoms with van der Waals surface area (Å²) in [7, 11) is 0. The number of allylic oxidation sites excluding steroid dienone is 1. The fourth-order valence-corrected chi connectivity index (χ4v) is 2.35. The van der Waals surface area contributed by atoms with E-state index in [4.69, 9.17) is 4.74 Å². The first-order valence-electron chi connectivity index (χ1n) is 8.90. The van der Waals surface area contributed by atoms with E-state index in [2.05, 4.69) is 38.2 Å². The number of ketones is 1. The number of anilines is 1. The molecule has 0 saturated heterocycles. The van der Waals surface area contributed by atoms with Crippen molar-refractivity contribution in [1.82, 2.24) is 0 Å². The van der Waals surface area contributed by atoms with Crippen molar-refractivity contribution in [3.05, 3.63) is 71.9 Å². The van der Waals surface area contributed by atoms with Gasteiger partial charge in [0.05, 0.1) is 6.61 Å². The van der Waals surface area contributed by atoms with E-state index in [-0.39, 0.29) is 5.78 Å². The van der Waals surface area contributed by atoms with Gasteiger partial charge in [0.1, 0.15) is 5.75 Å². The second kappa shape index (κ2) is 9.67. The molecule has 0 radical (unpaired) electrons. The molecular weight excluding hydrogens is 310 g/mol. The first-order valence-corrected chi connectivity index (χ1v) is 8.90. The molecular formula is C22H27NO2. The third-order valence-electron chi connectivity index (χ3n) is 3.94. The van der Waals surface area contributed by atoms with Crippen molar-refractivity contribution in [2.45, 2.75) is 39.5 Å². The van der Waals surface area contributed by atoms with Crippen LogP contribution < -0.4 is 10.1 Å². The van der Waals surface area contributed by atoms with Crippen LogP contribution in [-0.2, 0) is 0 Å². The number of benzene rings is 2. The predicted octanol–water partition coefficient (Wildman–Crippen LogP) is 5.80. The molecule has 0 bridgehead atoms. The van der Waals surface area contributed by atoms with Crippen LogP contribution in [0, 0.1) is 0 Å². The minimum Gasteiger partial charge on any atom is -0.494 e. The molecule has 0 atom stereocenters. The molecule has 0 aliphatic carbocycles. The fourth-order valence-electron chi connectivity index (χ4n) is 2.35. The predicted molar refractivity (Wildman–Crippen MR) is 104 cm³/mol. The molecule has 25 heavy (non-hydrogen) atoms. The molecule has 0 fully saturated rings. The SMILES string of the molecule is CCCCOc1ccc(C(=O)/C=C/Nc2cccc(C(C)C)c2)cc1. The van der Waals surface area contributed by atoms with Crippen LogP contribution in [0.3, 0.4) is 0 Å². The average molecular weight is 337 g/mol. The van der Waals surface area contributed by atoms with Crippen molar-refractivity contribution < 1.29 is 9.53 Å². The Morgan fingerprint density at radius 2 is 1.92 bits per heavy atom. The van der Waals surface area contributed by atoms with Gasteiger partial charge in [0.25, 0.3) is 0 Å². The molecule has 0 amide bonds. The molecule has 2 aromatic carbocycles. The van der Waals surface area contributed by atoms with Crippen LogP contribution >= 0.6 is 0 Å². The number of unbranched alkanes of at least 4 members (excludes halogenated alkanes) is 1. The largest absolute Gasteiger partial charge is 0.494 e. The van der Waals surface area contributed by atoms with Gasteiger partial charge < -0.3 is 10.1 Å². The van der Waals surface area contributed by atoms with Crippen molar-refractivity contribution in [2.75, 3.05) is 11.9 Å². The molecule has 0 heterocycles. The van der Waals surface area contributed by atoms with Crippen molar-refractivity contribution in [2.24, 2.45) is 0 Å². The minimum absolute atomic E-state index is 0.0346. The van der Waals surface area contributed by atoms with Gasteiger partial charge in [0.2, 0.25) is 0 Å². The molecule has 0 aliphatic rings. The molecule has 2 rings (SSSR count). The van der Waals surface area contributed by atoms with Gasteiger partial charge in [-0.3, -0.25) is 4.79 Å². The lowest BCUT2D eigenvalue weighted by Gasteiger charge is -2.07. The van der Waals surface area contributed by atoms with Crippen LogP contribution in [0.15, 0.2) is 60.8 Å². The molecule has 1 N–H and O–H groups in total. The summed E-state index contributed by atoms with van der Waals surface area (Å²) in [6.07, 6.45) is 5.38. The highest BCUT2D eigenvalue weighted by Crippen LogP contribution is 2.18. The van der Waals surface area contributed by atoms with Crippen LogP contribution in [0.2, 0.25) is 0 Å². The van der Waals surface area contributed by atoms with Gasteiger partial charge in [-0.15, -0.1) is 0 Å². The van der Waals surface area contributed by atoms with Crippen LogP contribution in [-0.4, -0.2) is 12.4 Å². The van der Waals surface area contributed by atoms with Gasteiger partial charge in [0.15, 0.2) is 5.78 Å². The van der Waals surface area contributed by atoms with E-state index in [1.165, 1.54) is 5.56 Å². The van der Waals surface area contributed by atoms with Crippen LogP contribution in [0.1, 0.15) is 55.5 Å². The van der Waals surface area contributed by atoms with E-state index in [1.807, 2.05) is 24.3 Å². The summed E-state index contributed by atoms with van der Waals surface area (Å²) in [5.41, 5.74) is 2.90. The summed E-state index contributed by atoms with van der Waals surface area (Å²) in [5, 5.41) is 3.16. The van der Waals surface area contributed by atoms with Crippen molar-refractivity contribution >= 4 is 11.5 Å². The normalized spacial score (nSPS) is 11.0. The number of ether oxygens (including phenoxy) is 1. The smallest absolute Gasteiger partial charge is 0.187 e. The lowest BCUT2D eigenvalue weighted by atomic mass is 10.0. The Hall–Kier alpha value is -2.55. The van der Waals surface area contributed by atoms with Crippen molar-refractivity contribution in [3.63, 3.8) is 0 Å². The standard InChI is InChI=1S/C22H27NO2/c1-4-5-15-25-21-11-9-18(10-12-21)22(24)13-14-23-20-8-6-7-19(16-20)17(2)3/h6-14,16-17,23H,4-5,15H2,1-3H3/b14-13+. The molecule has 0 spiro atoms. The molecule has 3 heteroatoms. The maximum atomic E-state index is 12.2. The Labute approximate surface area is 150 Å². The van der Waals surface area contributed by atoms with Crippen molar-refractivity contribution in [1.29, 1.82) is 0 Å². The van der Waals surface area contributed by atoms with Crippen LogP contribution in [0.4, 0.5) is 5.69 Å². The summed E-state index contributed by atoms with van der Waals surface area (Å²) in [5.74, 6) is 1.25. The molecule has 2 aromatic rings. The number of rotatable bonds is 9. The van der Waals surface area contributed by atoms with Gasteiger partial charge in [-0.25, -0.2) is 0 Å². The summed E-state index contributed by atoms with van der Waals surface area (Å²) in [6, 6.07) is 15.5. The van der Waals surface area contributed by atoms with Gasteiger partial charge in [-0.1, -0.05) is 39.3 Å². The Balaban J connectivity index is 1.90. The minimum atomic E-state index is -0.0346. The first kappa shape index (κ1) is 18.8. The second-order valence-electron chi connectivity index (χ2n) is 6.35. The molecule has 3 nitrogen and oxygen atoms in total. The van der Waals surface area contributed by atoms with E-state index < -0.39 is 0 Å². The molecule has 132 valence electrons. The maximum absolute atomic E-state index is 12.2. The van der Waals surface area contributed by atoms with Gasteiger partial charge in [0, 0.05) is 23.5 Å². The van der Waals surface area contributed by atoms with Crippen molar-refractivity contribution in [3.8, 4) is 5.75 Å². The Kier molecular flexibility index (Phi) is 7.27. The summed E-state index contributed by atoms with van der Waals surface area (Å²) >= 11 is 0. The first-order chi connectivity index (χ1) is 12.1. The van der Waals surface area contributed by atoms with E-state index in [0.717, 1.165) is 24.3 Å². The summed E-state index contributed by atoms with van der Waals surface area (Å²) < 4.78 is 5.61.